The predicted octanol–water partition coefficient (Wildman–Crippen LogP) is 5.91. The lowest BCUT2D eigenvalue weighted by Gasteiger charge is -2.31. The van der Waals surface area contributed by atoms with Gasteiger partial charge in [0.05, 0.1) is 18.6 Å². The first kappa shape index (κ1) is 40.0. The van der Waals surface area contributed by atoms with E-state index < -0.39 is 42.1 Å². The fourth-order valence-electron chi connectivity index (χ4n) is 5.88. The minimum absolute atomic E-state index is 0.0215. The van der Waals surface area contributed by atoms with Crippen LogP contribution in [0.3, 0.4) is 0 Å². The lowest BCUT2D eigenvalue weighted by molar-refractivity contribution is -0.131. The first-order valence-electron chi connectivity index (χ1n) is 18.1. The van der Waals surface area contributed by atoms with Crippen molar-refractivity contribution in [2.45, 2.75) is 90.6 Å². The van der Waals surface area contributed by atoms with Gasteiger partial charge in [-0.1, -0.05) is 119 Å². The summed E-state index contributed by atoms with van der Waals surface area (Å²) < 4.78 is 5.49. The molecule has 0 saturated heterocycles. The molecular weight excluding hydrogens is 677 g/mol. The number of carbonyl (C=O) groups is 4. The predicted molar refractivity (Wildman–Crippen MR) is 206 cm³/mol. The van der Waals surface area contributed by atoms with Gasteiger partial charge >= 0.3 is 6.09 Å². The van der Waals surface area contributed by atoms with Gasteiger partial charge in [-0.15, -0.1) is 11.3 Å². The third-order valence-electron chi connectivity index (χ3n) is 9.46. The Bertz CT molecular complexity index is 1730. The number of carbonyl (C=O) groups excluding carboxylic acids is 4. The normalized spacial score (nSPS) is 14.6. The second kappa shape index (κ2) is 20.3. The summed E-state index contributed by atoms with van der Waals surface area (Å²) in [5, 5.41) is 26.5. The van der Waals surface area contributed by atoms with Gasteiger partial charge in [0.15, 0.2) is 0 Å². The summed E-state index contributed by atoms with van der Waals surface area (Å²) in [7, 11) is 0. The largest absolute Gasteiger partial charge is 0.445 e. The number of aliphatic hydroxyl groups excluding tert-OH is 1. The minimum atomic E-state index is -1.14. The molecule has 0 aliphatic carbocycles. The highest BCUT2D eigenvalue weighted by molar-refractivity contribution is 7.09. The molecule has 52 heavy (non-hydrogen) atoms. The average molecular weight is 729 g/mol. The molecule has 3 aromatic carbocycles. The van der Waals surface area contributed by atoms with Gasteiger partial charge in [-0.2, -0.15) is 0 Å². The average Bonchev–Trinajstić information content (AvgIpc) is 3.68. The van der Waals surface area contributed by atoms with E-state index in [-0.39, 0.29) is 37.7 Å². The number of hydrogen-bond acceptors (Lipinski definition) is 7. The Hall–Kier alpha value is -4.74. The Morgan fingerprint density at radius 2 is 1.46 bits per heavy atom. The highest BCUT2D eigenvalue weighted by atomic mass is 32.1. The van der Waals surface area contributed by atoms with Crippen LogP contribution >= 0.6 is 11.3 Å². The monoisotopic (exact) mass is 728 g/mol. The number of alkyl carbamates (subject to hydrolysis) is 1. The molecule has 0 aliphatic rings. The van der Waals surface area contributed by atoms with E-state index in [0.29, 0.717) is 18.9 Å². The van der Waals surface area contributed by atoms with Crippen LogP contribution in [0.5, 0.6) is 0 Å². The number of amides is 4. The van der Waals surface area contributed by atoms with Crippen LogP contribution in [0.4, 0.5) is 4.79 Å². The lowest BCUT2D eigenvalue weighted by atomic mass is 9.91. The summed E-state index contributed by atoms with van der Waals surface area (Å²) in [4.78, 5) is 55.0. The molecule has 11 heteroatoms. The van der Waals surface area contributed by atoms with Crippen molar-refractivity contribution in [2.75, 3.05) is 6.54 Å². The second-order valence-electron chi connectivity index (χ2n) is 13.5. The molecule has 278 valence electrons. The Balaban J connectivity index is 1.55. The Labute approximate surface area is 310 Å². The van der Waals surface area contributed by atoms with E-state index in [1.807, 2.05) is 118 Å². The summed E-state index contributed by atoms with van der Waals surface area (Å²) in [5.74, 6) is -1.22. The first-order chi connectivity index (χ1) is 25.1. The van der Waals surface area contributed by atoms with Gasteiger partial charge in [0.25, 0.3) is 0 Å². The maximum Gasteiger partial charge on any atom is 0.408 e. The molecule has 0 bridgehead atoms. The number of fused-ring (bicyclic) bond motifs is 1. The van der Waals surface area contributed by atoms with E-state index in [4.69, 9.17) is 4.74 Å². The maximum absolute atomic E-state index is 14.2. The summed E-state index contributed by atoms with van der Waals surface area (Å²) in [6.07, 6.45) is -0.201. The van der Waals surface area contributed by atoms with E-state index in [2.05, 4.69) is 21.3 Å². The molecule has 0 fully saturated rings. The maximum atomic E-state index is 14.2. The molecule has 5 N–H and O–H groups in total. The van der Waals surface area contributed by atoms with Gasteiger partial charge in [-0.25, -0.2) is 4.79 Å². The molecule has 4 rings (SSSR count). The standard InChI is InChI=1S/C41H52N4O6S/c1-5-27(3)25-42-37(47)24-36(46)38(28(4)6-2)45-40(49)35(23-32-19-13-21-52-32)43-39(48)34(44-41(50)51-26-29-14-8-7-9-15-29)22-31-18-12-17-30-16-10-11-20-33(30)31/h7-21,27-28,34-36,38,46H,5-6,22-26H2,1-4H3,(H,42,47)(H,43,48)(H,44,50)(H,45,49)/t27?,28?,34-,35?,36-,38-/m0/s1. The Kier molecular flexibility index (Phi) is 15.7. The fourth-order valence-corrected chi connectivity index (χ4v) is 6.63. The van der Waals surface area contributed by atoms with Crippen molar-refractivity contribution in [1.82, 2.24) is 21.3 Å². The van der Waals surface area contributed by atoms with E-state index in [1.54, 1.807) is 0 Å². The van der Waals surface area contributed by atoms with Crippen LogP contribution in [0.15, 0.2) is 90.3 Å². The topological polar surface area (TPSA) is 146 Å². The molecule has 0 spiro atoms. The van der Waals surface area contributed by atoms with Crippen molar-refractivity contribution in [2.24, 2.45) is 11.8 Å². The number of hydrogen-bond donors (Lipinski definition) is 5. The van der Waals surface area contributed by atoms with E-state index >= 15 is 0 Å². The third-order valence-corrected chi connectivity index (χ3v) is 10.4. The van der Waals surface area contributed by atoms with Gasteiger partial charge in [0, 0.05) is 24.3 Å². The number of thiophene rings is 1. The molecule has 0 saturated carbocycles. The molecule has 6 atom stereocenters. The number of benzene rings is 3. The van der Waals surface area contributed by atoms with Crippen molar-refractivity contribution in [3.63, 3.8) is 0 Å². The van der Waals surface area contributed by atoms with Gasteiger partial charge < -0.3 is 31.1 Å². The van der Waals surface area contributed by atoms with Crippen LogP contribution in [0, 0.1) is 11.8 Å². The smallest absolute Gasteiger partial charge is 0.408 e. The van der Waals surface area contributed by atoms with Crippen molar-refractivity contribution in [3.05, 3.63) is 106 Å². The number of aliphatic hydroxyl groups is 1. The zero-order chi connectivity index (χ0) is 37.5. The fraction of sp³-hybridized carbons (Fsp3) is 0.415. The zero-order valence-electron chi connectivity index (χ0n) is 30.5. The van der Waals surface area contributed by atoms with Crippen LogP contribution in [-0.4, -0.2) is 59.7 Å². The van der Waals surface area contributed by atoms with Gasteiger partial charge in [0.2, 0.25) is 17.7 Å². The highest BCUT2D eigenvalue weighted by Crippen LogP contribution is 2.21. The highest BCUT2D eigenvalue weighted by Gasteiger charge is 2.33. The molecular formula is C41H52N4O6S. The van der Waals surface area contributed by atoms with Gasteiger partial charge in [0.1, 0.15) is 18.7 Å². The third kappa shape index (κ3) is 12.2. The molecule has 3 unspecified atom stereocenters. The molecule has 4 amide bonds. The van der Waals surface area contributed by atoms with E-state index in [0.717, 1.165) is 33.2 Å². The van der Waals surface area contributed by atoms with Crippen LogP contribution in [-0.2, 0) is 38.6 Å². The van der Waals surface area contributed by atoms with Crippen molar-refractivity contribution >= 4 is 45.9 Å². The number of ether oxygens (including phenoxy) is 1. The van der Waals surface area contributed by atoms with Crippen molar-refractivity contribution in [1.29, 1.82) is 0 Å². The van der Waals surface area contributed by atoms with Gasteiger partial charge in [-0.3, -0.25) is 14.4 Å². The number of nitrogens with one attached hydrogen (secondary N) is 4. The van der Waals surface area contributed by atoms with Crippen LogP contribution in [0.2, 0.25) is 0 Å². The lowest BCUT2D eigenvalue weighted by Crippen LogP contribution is -2.58. The summed E-state index contributed by atoms with van der Waals surface area (Å²) in [6, 6.07) is 23.7. The summed E-state index contributed by atoms with van der Waals surface area (Å²) in [6.45, 7) is 8.47. The summed E-state index contributed by atoms with van der Waals surface area (Å²) in [5.41, 5.74) is 1.64. The van der Waals surface area contributed by atoms with Gasteiger partial charge in [-0.05, 0) is 45.2 Å². The zero-order valence-corrected chi connectivity index (χ0v) is 31.3. The Morgan fingerprint density at radius 3 is 2.17 bits per heavy atom. The van der Waals surface area contributed by atoms with Crippen molar-refractivity contribution in [3.8, 4) is 0 Å². The minimum Gasteiger partial charge on any atom is -0.445 e. The number of rotatable bonds is 19. The second-order valence-corrected chi connectivity index (χ2v) is 14.5. The molecule has 1 aromatic heterocycles. The van der Waals surface area contributed by atoms with Crippen LogP contribution in [0.25, 0.3) is 10.8 Å². The van der Waals surface area contributed by atoms with Crippen LogP contribution in [0.1, 0.15) is 63.0 Å². The SMILES string of the molecule is CCC(C)CNC(=O)C[C@H](O)[C@@H](NC(=O)C(Cc1cccs1)NC(=O)[C@H](Cc1cccc2ccccc12)NC(=O)OCc1ccccc1)C(C)CC. The molecule has 10 nitrogen and oxygen atoms in total. The quantitative estimate of drug-likeness (QED) is 0.0812. The molecule has 0 radical (unpaired) electrons. The molecule has 1 heterocycles. The molecule has 0 aliphatic heterocycles. The summed E-state index contributed by atoms with van der Waals surface area (Å²) >= 11 is 1.45. The van der Waals surface area contributed by atoms with E-state index in [1.165, 1.54) is 11.3 Å². The Morgan fingerprint density at radius 1 is 0.769 bits per heavy atom. The van der Waals surface area contributed by atoms with Crippen LogP contribution < -0.4 is 21.3 Å². The van der Waals surface area contributed by atoms with Crippen molar-refractivity contribution < 1.29 is 29.0 Å². The van der Waals surface area contributed by atoms with E-state index in [9.17, 15) is 24.3 Å². The molecule has 4 aromatic rings. The first-order valence-corrected chi connectivity index (χ1v) is 19.0.